The molecule has 0 spiro atoms. The number of anilines is 1. The van der Waals surface area contributed by atoms with Gasteiger partial charge >= 0.3 is 0 Å². The zero-order valence-corrected chi connectivity index (χ0v) is 14.8. The molecule has 0 saturated carbocycles. The number of carbonyl (C=O) groups excluding carboxylic acids is 1. The Morgan fingerprint density at radius 1 is 1.12 bits per heavy atom. The molecule has 1 aliphatic rings. The molecular formula is C20H21FN2OS. The Balaban J connectivity index is 1.66. The maximum absolute atomic E-state index is 13.6. The molecule has 1 N–H and O–H groups in total. The van der Waals surface area contributed by atoms with Gasteiger partial charge in [0.2, 0.25) is 5.91 Å². The molecule has 1 fully saturated rings. The van der Waals surface area contributed by atoms with Crippen LogP contribution in [0.1, 0.15) is 11.1 Å². The summed E-state index contributed by atoms with van der Waals surface area (Å²) in [5, 5.41) is 2.91. The summed E-state index contributed by atoms with van der Waals surface area (Å²) in [6, 6.07) is 14.2. The summed E-state index contributed by atoms with van der Waals surface area (Å²) in [6.07, 6.45) is 2.86. The van der Waals surface area contributed by atoms with Gasteiger partial charge in [-0.2, -0.15) is 11.8 Å². The SMILES string of the molecule is O=C(/C=C/c1ccccc1F)Nc1ccccc1CN1CCSCC1. The van der Waals surface area contributed by atoms with E-state index < -0.39 is 0 Å². The van der Waals surface area contributed by atoms with Gasteiger partial charge in [-0.05, 0) is 23.8 Å². The second-order valence-electron chi connectivity index (χ2n) is 5.89. The third-order valence-electron chi connectivity index (χ3n) is 4.09. The molecule has 3 rings (SSSR count). The number of nitrogens with one attached hydrogen (secondary N) is 1. The second kappa shape index (κ2) is 8.83. The Morgan fingerprint density at radius 3 is 2.64 bits per heavy atom. The molecule has 1 amide bonds. The first kappa shape index (κ1) is 17.7. The first-order valence-corrected chi connectivity index (χ1v) is 9.49. The Bertz CT molecular complexity index is 757. The fraction of sp³-hybridized carbons (Fsp3) is 0.250. The first-order chi connectivity index (χ1) is 12.2. The van der Waals surface area contributed by atoms with E-state index >= 15 is 0 Å². The number of hydrogen-bond donors (Lipinski definition) is 1. The van der Waals surface area contributed by atoms with Crippen LogP contribution < -0.4 is 5.32 Å². The van der Waals surface area contributed by atoms with Crippen LogP contribution >= 0.6 is 11.8 Å². The number of amides is 1. The summed E-state index contributed by atoms with van der Waals surface area (Å²) in [6.45, 7) is 2.97. The summed E-state index contributed by atoms with van der Waals surface area (Å²) in [4.78, 5) is 14.6. The van der Waals surface area contributed by atoms with Crippen LogP contribution in [0.5, 0.6) is 0 Å². The summed E-state index contributed by atoms with van der Waals surface area (Å²) >= 11 is 1.98. The molecule has 1 saturated heterocycles. The van der Waals surface area contributed by atoms with Crippen molar-refractivity contribution in [3.63, 3.8) is 0 Å². The van der Waals surface area contributed by atoms with Gasteiger partial charge in [0, 0.05) is 48.5 Å². The normalized spacial score (nSPS) is 15.4. The van der Waals surface area contributed by atoms with Crippen molar-refractivity contribution in [2.24, 2.45) is 0 Å². The first-order valence-electron chi connectivity index (χ1n) is 8.34. The van der Waals surface area contributed by atoms with Crippen LogP contribution in [0.3, 0.4) is 0 Å². The third kappa shape index (κ3) is 5.18. The fourth-order valence-corrected chi connectivity index (χ4v) is 3.71. The van der Waals surface area contributed by atoms with Crippen molar-refractivity contribution in [2.45, 2.75) is 6.54 Å². The second-order valence-corrected chi connectivity index (χ2v) is 7.11. The molecule has 0 bridgehead atoms. The number of halogens is 1. The highest BCUT2D eigenvalue weighted by Gasteiger charge is 2.13. The minimum absolute atomic E-state index is 0.259. The standard InChI is InChI=1S/C20H21FN2OS/c21-18-7-3-1-5-16(18)9-10-20(24)22-19-8-4-2-6-17(19)15-23-11-13-25-14-12-23/h1-10H,11-15H2,(H,22,24)/b10-9+. The van der Waals surface area contributed by atoms with E-state index in [2.05, 4.69) is 10.2 Å². The van der Waals surface area contributed by atoms with Crippen LogP contribution in [0, 0.1) is 5.82 Å². The van der Waals surface area contributed by atoms with Crippen molar-refractivity contribution in [2.75, 3.05) is 29.9 Å². The highest BCUT2D eigenvalue weighted by molar-refractivity contribution is 7.99. The Labute approximate surface area is 151 Å². The van der Waals surface area contributed by atoms with E-state index in [1.165, 1.54) is 18.2 Å². The van der Waals surface area contributed by atoms with E-state index in [0.717, 1.165) is 42.4 Å². The van der Waals surface area contributed by atoms with E-state index in [4.69, 9.17) is 0 Å². The molecule has 1 heterocycles. The van der Waals surface area contributed by atoms with Crippen molar-refractivity contribution in [3.8, 4) is 0 Å². The van der Waals surface area contributed by atoms with Gasteiger partial charge in [0.05, 0.1) is 0 Å². The van der Waals surface area contributed by atoms with Gasteiger partial charge in [0.1, 0.15) is 5.82 Å². The molecule has 25 heavy (non-hydrogen) atoms. The summed E-state index contributed by atoms with van der Waals surface area (Å²) in [5.74, 6) is 1.71. The number of thioether (sulfide) groups is 1. The maximum atomic E-state index is 13.6. The smallest absolute Gasteiger partial charge is 0.248 e. The summed E-state index contributed by atoms with van der Waals surface area (Å²) < 4.78 is 13.6. The number of hydrogen-bond acceptors (Lipinski definition) is 3. The number of benzene rings is 2. The van der Waals surface area contributed by atoms with Crippen LogP contribution in [0.2, 0.25) is 0 Å². The number of carbonyl (C=O) groups is 1. The predicted molar refractivity (Wildman–Crippen MR) is 103 cm³/mol. The van der Waals surface area contributed by atoms with E-state index in [0.29, 0.717) is 5.56 Å². The number of rotatable bonds is 5. The molecule has 5 heteroatoms. The lowest BCUT2D eigenvalue weighted by Crippen LogP contribution is -2.32. The molecule has 2 aromatic rings. The minimum atomic E-state index is -0.338. The number of nitrogens with zero attached hydrogens (tertiary/aromatic N) is 1. The monoisotopic (exact) mass is 356 g/mol. The summed E-state index contributed by atoms with van der Waals surface area (Å²) in [5.41, 5.74) is 2.31. The van der Waals surface area contributed by atoms with Gasteiger partial charge < -0.3 is 5.32 Å². The lowest BCUT2D eigenvalue weighted by Gasteiger charge is -2.27. The van der Waals surface area contributed by atoms with Crippen molar-refractivity contribution in [1.82, 2.24) is 4.90 Å². The van der Waals surface area contributed by atoms with Crippen molar-refractivity contribution >= 4 is 29.4 Å². The molecule has 0 radical (unpaired) electrons. The summed E-state index contributed by atoms with van der Waals surface area (Å²) in [7, 11) is 0. The average molecular weight is 356 g/mol. The lowest BCUT2D eigenvalue weighted by molar-refractivity contribution is -0.111. The molecule has 2 aromatic carbocycles. The van der Waals surface area contributed by atoms with Gasteiger partial charge in [0.25, 0.3) is 0 Å². The molecular weight excluding hydrogens is 335 g/mol. The van der Waals surface area contributed by atoms with Crippen molar-refractivity contribution in [3.05, 3.63) is 71.6 Å². The van der Waals surface area contributed by atoms with Gasteiger partial charge in [-0.25, -0.2) is 4.39 Å². The van der Waals surface area contributed by atoms with Crippen LogP contribution in [0.4, 0.5) is 10.1 Å². The zero-order valence-electron chi connectivity index (χ0n) is 14.0. The third-order valence-corrected chi connectivity index (χ3v) is 5.03. The molecule has 0 atom stereocenters. The minimum Gasteiger partial charge on any atom is -0.322 e. The zero-order chi connectivity index (χ0) is 17.5. The van der Waals surface area contributed by atoms with Gasteiger partial charge in [-0.15, -0.1) is 0 Å². The largest absolute Gasteiger partial charge is 0.322 e. The molecule has 0 aliphatic carbocycles. The van der Waals surface area contributed by atoms with E-state index in [1.54, 1.807) is 18.2 Å². The molecule has 0 unspecified atom stereocenters. The Kier molecular flexibility index (Phi) is 6.25. The highest BCUT2D eigenvalue weighted by Crippen LogP contribution is 2.20. The van der Waals surface area contributed by atoms with Crippen LogP contribution in [0.15, 0.2) is 54.6 Å². The van der Waals surface area contributed by atoms with Crippen LogP contribution in [0.25, 0.3) is 6.08 Å². The van der Waals surface area contributed by atoms with E-state index in [1.807, 2.05) is 36.0 Å². The fourth-order valence-electron chi connectivity index (χ4n) is 2.73. The van der Waals surface area contributed by atoms with Crippen molar-refractivity contribution < 1.29 is 9.18 Å². The average Bonchev–Trinajstić information content (AvgIpc) is 2.64. The molecule has 3 nitrogen and oxygen atoms in total. The Hall–Kier alpha value is -2.11. The molecule has 0 aromatic heterocycles. The maximum Gasteiger partial charge on any atom is 0.248 e. The quantitative estimate of drug-likeness (QED) is 0.821. The number of para-hydroxylation sites is 1. The van der Waals surface area contributed by atoms with Crippen LogP contribution in [-0.2, 0) is 11.3 Å². The topological polar surface area (TPSA) is 32.3 Å². The van der Waals surface area contributed by atoms with Gasteiger partial charge in [-0.3, -0.25) is 9.69 Å². The molecule has 130 valence electrons. The Morgan fingerprint density at radius 2 is 1.84 bits per heavy atom. The highest BCUT2D eigenvalue weighted by atomic mass is 32.2. The van der Waals surface area contributed by atoms with Crippen molar-refractivity contribution in [1.29, 1.82) is 0 Å². The van der Waals surface area contributed by atoms with Gasteiger partial charge in [0.15, 0.2) is 0 Å². The van der Waals surface area contributed by atoms with E-state index in [-0.39, 0.29) is 11.7 Å². The predicted octanol–water partition coefficient (Wildman–Crippen LogP) is 4.03. The lowest BCUT2D eigenvalue weighted by atomic mass is 10.1. The van der Waals surface area contributed by atoms with E-state index in [9.17, 15) is 9.18 Å². The van der Waals surface area contributed by atoms with Gasteiger partial charge in [-0.1, -0.05) is 36.4 Å². The van der Waals surface area contributed by atoms with Crippen LogP contribution in [-0.4, -0.2) is 35.4 Å². The molecule has 1 aliphatic heterocycles.